The molecule has 24 heavy (non-hydrogen) atoms. The van der Waals surface area contributed by atoms with Crippen molar-refractivity contribution in [2.75, 3.05) is 19.0 Å². The van der Waals surface area contributed by atoms with Crippen LogP contribution in [0.3, 0.4) is 0 Å². The van der Waals surface area contributed by atoms with Gasteiger partial charge in [0.2, 0.25) is 5.89 Å². The zero-order chi connectivity index (χ0) is 17.2. The highest BCUT2D eigenvalue weighted by Crippen LogP contribution is 2.28. The fourth-order valence-corrected chi connectivity index (χ4v) is 2.59. The second-order valence-electron chi connectivity index (χ2n) is 5.02. The van der Waals surface area contributed by atoms with Crippen LogP contribution >= 0.6 is 11.8 Å². The molecule has 6 nitrogen and oxygen atoms in total. The zero-order valence-corrected chi connectivity index (χ0v) is 14.8. The largest absolute Gasteiger partial charge is 0.490 e. The SMILES string of the molecule is CCCCc1nnc(SCCOc2ccc(C=O)cc2OCC)o1. The van der Waals surface area contributed by atoms with Gasteiger partial charge in [-0.3, -0.25) is 4.79 Å². The van der Waals surface area contributed by atoms with Gasteiger partial charge in [0.05, 0.1) is 13.2 Å². The molecule has 0 radical (unpaired) electrons. The van der Waals surface area contributed by atoms with Gasteiger partial charge in [-0.05, 0) is 31.5 Å². The number of thioether (sulfide) groups is 1. The maximum Gasteiger partial charge on any atom is 0.276 e. The van der Waals surface area contributed by atoms with Gasteiger partial charge in [0.15, 0.2) is 11.5 Å². The van der Waals surface area contributed by atoms with Crippen LogP contribution in [0.2, 0.25) is 0 Å². The molecule has 0 aliphatic carbocycles. The first-order chi connectivity index (χ1) is 11.8. The Labute approximate surface area is 145 Å². The summed E-state index contributed by atoms with van der Waals surface area (Å²) in [6.07, 6.45) is 3.76. The molecule has 0 unspecified atom stereocenters. The molecule has 1 heterocycles. The van der Waals surface area contributed by atoms with Gasteiger partial charge in [-0.1, -0.05) is 25.1 Å². The van der Waals surface area contributed by atoms with Crippen molar-refractivity contribution in [2.45, 2.75) is 38.3 Å². The lowest BCUT2D eigenvalue weighted by Gasteiger charge is -2.11. The van der Waals surface area contributed by atoms with E-state index < -0.39 is 0 Å². The van der Waals surface area contributed by atoms with Crippen molar-refractivity contribution < 1.29 is 18.7 Å². The van der Waals surface area contributed by atoms with Crippen molar-refractivity contribution in [1.82, 2.24) is 10.2 Å². The van der Waals surface area contributed by atoms with E-state index in [2.05, 4.69) is 17.1 Å². The molecule has 0 atom stereocenters. The maximum atomic E-state index is 10.8. The van der Waals surface area contributed by atoms with Crippen LogP contribution in [-0.2, 0) is 6.42 Å². The Kier molecular flexibility index (Phi) is 7.61. The number of rotatable bonds is 11. The number of benzene rings is 1. The number of unbranched alkanes of at least 4 members (excludes halogenated alkanes) is 1. The van der Waals surface area contributed by atoms with E-state index in [4.69, 9.17) is 13.9 Å². The molecule has 1 aromatic carbocycles. The second-order valence-corrected chi connectivity index (χ2v) is 6.07. The molecular formula is C17H22N2O4S. The average molecular weight is 350 g/mol. The lowest BCUT2D eigenvalue weighted by Crippen LogP contribution is -2.03. The molecule has 0 N–H and O–H groups in total. The number of ether oxygens (including phenoxy) is 2. The number of hydrogen-bond acceptors (Lipinski definition) is 7. The minimum Gasteiger partial charge on any atom is -0.490 e. The summed E-state index contributed by atoms with van der Waals surface area (Å²) < 4.78 is 16.8. The first kappa shape index (κ1) is 18.3. The first-order valence-corrected chi connectivity index (χ1v) is 9.05. The maximum absolute atomic E-state index is 10.8. The molecule has 2 rings (SSSR count). The fraction of sp³-hybridized carbons (Fsp3) is 0.471. The zero-order valence-electron chi connectivity index (χ0n) is 14.0. The molecule has 2 aromatic rings. The van der Waals surface area contributed by atoms with Crippen LogP contribution in [0, 0.1) is 0 Å². The monoisotopic (exact) mass is 350 g/mol. The van der Waals surface area contributed by atoms with E-state index >= 15 is 0 Å². The average Bonchev–Trinajstić information content (AvgIpc) is 3.06. The molecule has 0 bridgehead atoms. The van der Waals surface area contributed by atoms with Gasteiger partial charge >= 0.3 is 0 Å². The van der Waals surface area contributed by atoms with E-state index in [1.165, 1.54) is 11.8 Å². The number of nitrogens with zero attached hydrogens (tertiary/aromatic N) is 2. The topological polar surface area (TPSA) is 74.5 Å². The molecular weight excluding hydrogens is 328 g/mol. The summed E-state index contributed by atoms with van der Waals surface area (Å²) >= 11 is 1.46. The number of aryl methyl sites for hydroxylation is 1. The number of aldehydes is 1. The predicted octanol–water partition coefficient (Wildman–Crippen LogP) is 3.79. The van der Waals surface area contributed by atoms with Crippen molar-refractivity contribution in [3.63, 3.8) is 0 Å². The van der Waals surface area contributed by atoms with Crippen molar-refractivity contribution >= 4 is 18.0 Å². The molecule has 0 fully saturated rings. The van der Waals surface area contributed by atoms with Crippen LogP contribution < -0.4 is 9.47 Å². The van der Waals surface area contributed by atoms with E-state index in [-0.39, 0.29) is 0 Å². The summed E-state index contributed by atoms with van der Waals surface area (Å²) in [5.74, 6) is 2.56. The van der Waals surface area contributed by atoms with Crippen LogP contribution in [0.1, 0.15) is 42.9 Å². The van der Waals surface area contributed by atoms with Gasteiger partial charge < -0.3 is 13.9 Å². The Morgan fingerprint density at radius 3 is 2.83 bits per heavy atom. The second kappa shape index (κ2) is 9.97. The van der Waals surface area contributed by atoms with Crippen LogP contribution in [0.25, 0.3) is 0 Å². The Balaban J connectivity index is 1.81. The summed E-state index contributed by atoms with van der Waals surface area (Å²) in [5, 5.41) is 8.59. The molecule has 0 spiro atoms. The van der Waals surface area contributed by atoms with Crippen molar-refractivity contribution in [3.05, 3.63) is 29.7 Å². The van der Waals surface area contributed by atoms with Gasteiger partial charge in [0.25, 0.3) is 5.22 Å². The molecule has 0 amide bonds. The van der Waals surface area contributed by atoms with Crippen LogP contribution in [0.5, 0.6) is 11.5 Å². The summed E-state index contributed by atoms with van der Waals surface area (Å²) in [7, 11) is 0. The third-order valence-electron chi connectivity index (χ3n) is 3.16. The Morgan fingerprint density at radius 2 is 2.08 bits per heavy atom. The summed E-state index contributed by atoms with van der Waals surface area (Å²) in [6.45, 7) is 4.99. The molecule has 0 saturated heterocycles. The molecule has 7 heteroatoms. The van der Waals surface area contributed by atoms with Gasteiger partial charge in [-0.15, -0.1) is 10.2 Å². The molecule has 0 aliphatic heterocycles. The summed E-state index contributed by atoms with van der Waals surface area (Å²) in [5.41, 5.74) is 0.561. The van der Waals surface area contributed by atoms with Crippen LogP contribution in [0.15, 0.2) is 27.8 Å². The molecule has 0 saturated carbocycles. The number of aromatic nitrogens is 2. The van der Waals surface area contributed by atoms with Crippen molar-refractivity contribution in [1.29, 1.82) is 0 Å². The lowest BCUT2D eigenvalue weighted by molar-refractivity contribution is 0.112. The Hall–Kier alpha value is -2.02. The van der Waals surface area contributed by atoms with Gasteiger partial charge in [0, 0.05) is 17.7 Å². The van der Waals surface area contributed by atoms with E-state index in [0.29, 0.717) is 47.1 Å². The molecule has 130 valence electrons. The Bertz CT molecular complexity index is 645. The minimum absolute atomic E-state index is 0.470. The third kappa shape index (κ3) is 5.56. The lowest BCUT2D eigenvalue weighted by atomic mass is 10.2. The smallest absolute Gasteiger partial charge is 0.276 e. The summed E-state index contributed by atoms with van der Waals surface area (Å²) in [6, 6.07) is 5.13. The van der Waals surface area contributed by atoms with Crippen LogP contribution in [0.4, 0.5) is 0 Å². The van der Waals surface area contributed by atoms with Gasteiger partial charge in [-0.25, -0.2) is 0 Å². The first-order valence-electron chi connectivity index (χ1n) is 8.06. The van der Waals surface area contributed by atoms with Gasteiger partial charge in [0.1, 0.15) is 6.29 Å². The van der Waals surface area contributed by atoms with Crippen molar-refractivity contribution in [2.24, 2.45) is 0 Å². The standard InChI is InChI=1S/C17H22N2O4S/c1-3-5-6-16-18-19-17(23-16)24-10-9-22-14-8-7-13(12-20)11-15(14)21-4-2/h7-8,11-12H,3-6,9-10H2,1-2H3. The minimum atomic E-state index is 0.470. The number of hydrogen-bond donors (Lipinski definition) is 0. The van der Waals surface area contributed by atoms with Gasteiger partial charge in [-0.2, -0.15) is 0 Å². The van der Waals surface area contributed by atoms with E-state index in [1.54, 1.807) is 18.2 Å². The van der Waals surface area contributed by atoms with E-state index in [0.717, 1.165) is 25.5 Å². The fourth-order valence-electron chi connectivity index (χ4n) is 1.99. The Morgan fingerprint density at radius 1 is 1.21 bits per heavy atom. The normalized spacial score (nSPS) is 10.6. The van der Waals surface area contributed by atoms with Crippen molar-refractivity contribution in [3.8, 4) is 11.5 Å². The highest BCUT2D eigenvalue weighted by atomic mass is 32.2. The quantitative estimate of drug-likeness (QED) is 0.347. The molecule has 0 aliphatic rings. The predicted molar refractivity (Wildman–Crippen MR) is 92.1 cm³/mol. The number of carbonyl (C=O) groups is 1. The highest BCUT2D eigenvalue weighted by Gasteiger charge is 2.08. The van der Waals surface area contributed by atoms with Crippen LogP contribution in [-0.4, -0.2) is 35.5 Å². The summed E-state index contributed by atoms with van der Waals surface area (Å²) in [4.78, 5) is 10.8. The van der Waals surface area contributed by atoms with E-state index in [9.17, 15) is 4.79 Å². The molecule has 1 aromatic heterocycles. The number of carbonyl (C=O) groups excluding carboxylic acids is 1. The highest BCUT2D eigenvalue weighted by molar-refractivity contribution is 7.99. The van der Waals surface area contributed by atoms with E-state index in [1.807, 2.05) is 6.92 Å². The third-order valence-corrected chi connectivity index (χ3v) is 3.95.